The third kappa shape index (κ3) is 6.81. The molecule has 1 rings (SSSR count). The van der Waals surface area contributed by atoms with Crippen molar-refractivity contribution in [2.45, 2.75) is 53.1 Å². The predicted octanol–water partition coefficient (Wildman–Crippen LogP) is 2.88. The van der Waals surface area contributed by atoms with Gasteiger partial charge in [-0.15, -0.1) is 0 Å². The summed E-state index contributed by atoms with van der Waals surface area (Å²) in [5.41, 5.74) is -0.416. The number of hydrogen-bond donors (Lipinski definition) is 1. The van der Waals surface area contributed by atoms with Crippen molar-refractivity contribution in [3.05, 3.63) is 0 Å². The van der Waals surface area contributed by atoms with E-state index in [1.807, 2.05) is 25.7 Å². The molecule has 1 fully saturated rings. The van der Waals surface area contributed by atoms with Gasteiger partial charge in [0, 0.05) is 13.1 Å². The molecule has 1 aliphatic rings. The molecule has 0 aromatic rings. The van der Waals surface area contributed by atoms with Crippen molar-refractivity contribution in [2.75, 3.05) is 26.2 Å². The lowest BCUT2D eigenvalue weighted by molar-refractivity contribution is 0.0187. The summed E-state index contributed by atoms with van der Waals surface area (Å²) in [6.45, 7) is 13.8. The van der Waals surface area contributed by atoms with E-state index in [2.05, 4.69) is 19.2 Å². The summed E-state index contributed by atoms with van der Waals surface area (Å²) >= 11 is 0. The monoisotopic (exact) mass is 270 g/mol. The molecule has 0 saturated carbocycles. The third-order valence-electron chi connectivity index (χ3n) is 3.17. The highest BCUT2D eigenvalue weighted by Crippen LogP contribution is 2.17. The van der Waals surface area contributed by atoms with Crippen LogP contribution in [0.4, 0.5) is 4.79 Å². The van der Waals surface area contributed by atoms with Gasteiger partial charge in [0.05, 0.1) is 0 Å². The Hall–Kier alpha value is -0.770. The minimum atomic E-state index is -0.416. The molecule has 1 aliphatic heterocycles. The zero-order chi connectivity index (χ0) is 14.5. The Morgan fingerprint density at radius 2 is 1.89 bits per heavy atom. The number of piperidine rings is 1. The van der Waals surface area contributed by atoms with E-state index < -0.39 is 5.60 Å². The molecule has 0 unspecified atom stereocenters. The molecular weight excluding hydrogens is 240 g/mol. The van der Waals surface area contributed by atoms with Crippen LogP contribution in [-0.2, 0) is 4.74 Å². The molecule has 0 aromatic heterocycles. The van der Waals surface area contributed by atoms with Crippen molar-refractivity contribution in [3.63, 3.8) is 0 Å². The summed E-state index contributed by atoms with van der Waals surface area (Å²) < 4.78 is 5.51. The number of hydrogen-bond acceptors (Lipinski definition) is 3. The van der Waals surface area contributed by atoms with Gasteiger partial charge in [0.25, 0.3) is 0 Å². The first kappa shape index (κ1) is 16.3. The van der Waals surface area contributed by atoms with Crippen molar-refractivity contribution in [3.8, 4) is 0 Å². The highest BCUT2D eigenvalue weighted by atomic mass is 16.6. The van der Waals surface area contributed by atoms with Crippen LogP contribution in [0.3, 0.4) is 0 Å². The van der Waals surface area contributed by atoms with E-state index >= 15 is 0 Å². The van der Waals surface area contributed by atoms with Gasteiger partial charge in [-0.2, -0.15) is 0 Å². The van der Waals surface area contributed by atoms with Gasteiger partial charge >= 0.3 is 6.09 Å². The number of rotatable bonds is 4. The fourth-order valence-corrected chi connectivity index (χ4v) is 2.37. The first-order chi connectivity index (χ1) is 8.78. The van der Waals surface area contributed by atoms with E-state index in [-0.39, 0.29) is 6.09 Å². The van der Waals surface area contributed by atoms with Crippen LogP contribution in [0, 0.1) is 11.8 Å². The van der Waals surface area contributed by atoms with E-state index in [0.717, 1.165) is 39.0 Å². The number of carbonyl (C=O) groups excluding carboxylic acids is 1. The van der Waals surface area contributed by atoms with E-state index in [9.17, 15) is 4.79 Å². The van der Waals surface area contributed by atoms with Crippen LogP contribution in [0.2, 0.25) is 0 Å². The van der Waals surface area contributed by atoms with E-state index in [1.54, 1.807) is 0 Å². The summed E-state index contributed by atoms with van der Waals surface area (Å²) in [5.74, 6) is 1.07. The largest absolute Gasteiger partial charge is 0.444 e. The molecule has 0 spiro atoms. The zero-order valence-corrected chi connectivity index (χ0v) is 13.2. The van der Waals surface area contributed by atoms with Crippen LogP contribution >= 0.6 is 0 Å². The molecule has 4 heteroatoms. The summed E-state index contributed by atoms with van der Waals surface area (Å²) in [7, 11) is 0. The summed E-state index contributed by atoms with van der Waals surface area (Å²) in [4.78, 5) is 14.2. The zero-order valence-electron chi connectivity index (χ0n) is 13.2. The Morgan fingerprint density at radius 3 is 2.37 bits per heavy atom. The molecule has 112 valence electrons. The molecule has 0 aromatic carbocycles. The van der Waals surface area contributed by atoms with Gasteiger partial charge in [0.2, 0.25) is 0 Å². The van der Waals surface area contributed by atoms with Gasteiger partial charge in [-0.3, -0.25) is 0 Å². The molecular formula is C15H30N2O2. The number of amides is 1. The number of ether oxygens (including phenoxy) is 1. The highest BCUT2D eigenvalue weighted by Gasteiger charge is 2.25. The number of nitrogens with zero attached hydrogens (tertiary/aromatic N) is 1. The smallest absolute Gasteiger partial charge is 0.410 e. The second-order valence-corrected chi connectivity index (χ2v) is 6.97. The quantitative estimate of drug-likeness (QED) is 0.854. The Bertz CT molecular complexity index is 278. The molecule has 4 nitrogen and oxygen atoms in total. The Labute approximate surface area is 117 Å². The van der Waals surface area contributed by atoms with Gasteiger partial charge in [-0.05, 0) is 58.5 Å². The average Bonchev–Trinajstić information content (AvgIpc) is 2.26. The molecule has 0 aliphatic carbocycles. The van der Waals surface area contributed by atoms with Crippen molar-refractivity contribution >= 4 is 6.09 Å². The molecule has 1 heterocycles. The molecule has 0 bridgehead atoms. The minimum absolute atomic E-state index is 0.167. The fraction of sp³-hybridized carbons (Fsp3) is 0.933. The topological polar surface area (TPSA) is 41.6 Å². The van der Waals surface area contributed by atoms with Gasteiger partial charge < -0.3 is 15.0 Å². The SMILES string of the molecule is CC(C)CN(CC1CCNCC1)C(=O)OC(C)(C)C. The molecule has 19 heavy (non-hydrogen) atoms. The lowest BCUT2D eigenvalue weighted by Crippen LogP contribution is -2.43. The third-order valence-corrected chi connectivity index (χ3v) is 3.17. The number of carbonyl (C=O) groups is 1. The first-order valence-corrected chi connectivity index (χ1v) is 7.46. The van der Waals surface area contributed by atoms with E-state index in [4.69, 9.17) is 4.74 Å². The Kier molecular flexibility index (Phi) is 6.11. The van der Waals surface area contributed by atoms with Crippen LogP contribution in [-0.4, -0.2) is 42.8 Å². The van der Waals surface area contributed by atoms with E-state index in [0.29, 0.717) is 11.8 Å². The summed E-state index contributed by atoms with van der Waals surface area (Å²) in [6, 6.07) is 0. The molecule has 1 N–H and O–H groups in total. The van der Waals surface area contributed by atoms with Gasteiger partial charge in [0.1, 0.15) is 5.60 Å². The normalized spacial score (nSPS) is 17.6. The van der Waals surface area contributed by atoms with Crippen LogP contribution in [0.1, 0.15) is 47.5 Å². The predicted molar refractivity (Wildman–Crippen MR) is 78.2 cm³/mol. The van der Waals surface area contributed by atoms with Crippen LogP contribution < -0.4 is 5.32 Å². The second-order valence-electron chi connectivity index (χ2n) is 6.97. The first-order valence-electron chi connectivity index (χ1n) is 7.46. The minimum Gasteiger partial charge on any atom is -0.444 e. The van der Waals surface area contributed by atoms with Crippen LogP contribution in [0.5, 0.6) is 0 Å². The van der Waals surface area contributed by atoms with Crippen molar-refractivity contribution in [1.29, 1.82) is 0 Å². The van der Waals surface area contributed by atoms with Crippen molar-refractivity contribution in [2.24, 2.45) is 11.8 Å². The number of nitrogens with one attached hydrogen (secondary N) is 1. The lowest BCUT2D eigenvalue weighted by atomic mass is 9.97. The average molecular weight is 270 g/mol. The molecule has 1 saturated heterocycles. The maximum atomic E-state index is 12.3. The maximum absolute atomic E-state index is 12.3. The van der Waals surface area contributed by atoms with Gasteiger partial charge in [-0.25, -0.2) is 4.79 Å². The molecule has 1 amide bonds. The van der Waals surface area contributed by atoms with Crippen molar-refractivity contribution < 1.29 is 9.53 Å². The Morgan fingerprint density at radius 1 is 1.32 bits per heavy atom. The van der Waals surface area contributed by atoms with E-state index in [1.165, 1.54) is 0 Å². The van der Waals surface area contributed by atoms with Gasteiger partial charge in [0.15, 0.2) is 0 Å². The van der Waals surface area contributed by atoms with Crippen LogP contribution in [0.25, 0.3) is 0 Å². The molecule has 0 radical (unpaired) electrons. The second kappa shape index (κ2) is 7.13. The van der Waals surface area contributed by atoms with Crippen molar-refractivity contribution in [1.82, 2.24) is 10.2 Å². The standard InChI is InChI=1S/C15H30N2O2/c1-12(2)10-17(14(18)19-15(3,4)5)11-13-6-8-16-9-7-13/h12-13,16H,6-11H2,1-5H3. The maximum Gasteiger partial charge on any atom is 0.410 e. The summed E-state index contributed by atoms with van der Waals surface area (Å²) in [6.07, 6.45) is 2.13. The van der Waals surface area contributed by atoms with Gasteiger partial charge in [-0.1, -0.05) is 13.8 Å². The Balaban J connectivity index is 2.57. The highest BCUT2D eigenvalue weighted by molar-refractivity contribution is 5.68. The fourth-order valence-electron chi connectivity index (χ4n) is 2.37. The lowest BCUT2D eigenvalue weighted by Gasteiger charge is -2.32. The molecule has 0 atom stereocenters. The summed E-state index contributed by atoms with van der Waals surface area (Å²) in [5, 5.41) is 3.36. The van der Waals surface area contributed by atoms with Crippen LogP contribution in [0.15, 0.2) is 0 Å².